The van der Waals surface area contributed by atoms with E-state index in [-0.39, 0.29) is 24.2 Å². The summed E-state index contributed by atoms with van der Waals surface area (Å²) in [5, 5.41) is 6.54. The first-order valence-corrected chi connectivity index (χ1v) is 18.2. The molecule has 0 fully saturated rings. The largest absolute Gasteiger partial charge is 0.458 e. The Bertz CT molecular complexity index is 1500. The summed E-state index contributed by atoms with van der Waals surface area (Å²) < 4.78 is 60.8. The molecule has 3 aromatic rings. The molecule has 252 valence electrons. The minimum atomic E-state index is -3.84. The van der Waals surface area contributed by atoms with Gasteiger partial charge in [0.05, 0.1) is 16.5 Å². The molecule has 0 bridgehead atoms. The second-order valence-electron chi connectivity index (χ2n) is 11.4. The molecule has 0 aliphatic carbocycles. The normalized spacial score (nSPS) is 13.7. The lowest BCUT2D eigenvalue weighted by Crippen LogP contribution is -2.52. The van der Waals surface area contributed by atoms with Gasteiger partial charge in [0, 0.05) is 30.6 Å². The molecule has 0 spiro atoms. The van der Waals surface area contributed by atoms with Crippen LogP contribution in [0.5, 0.6) is 0 Å². The molecular weight excluding hydrogens is 635 g/mol. The van der Waals surface area contributed by atoms with E-state index in [0.717, 1.165) is 35.7 Å². The predicted molar refractivity (Wildman–Crippen MR) is 176 cm³/mol. The van der Waals surface area contributed by atoms with Crippen molar-refractivity contribution in [2.24, 2.45) is 5.73 Å². The quantitative estimate of drug-likeness (QED) is 0.155. The van der Waals surface area contributed by atoms with Crippen molar-refractivity contribution in [3.8, 4) is 0 Å². The van der Waals surface area contributed by atoms with Crippen molar-refractivity contribution in [1.82, 2.24) is 15.6 Å². The van der Waals surface area contributed by atoms with Crippen LogP contribution >= 0.6 is 11.3 Å². The topological polar surface area (TPSA) is 140 Å². The first-order valence-electron chi connectivity index (χ1n) is 15.6. The zero-order valence-corrected chi connectivity index (χ0v) is 28.1. The number of rotatable bonds is 19. The number of ether oxygens (including phenoxy) is 1. The van der Waals surface area contributed by atoms with Crippen molar-refractivity contribution < 1.29 is 31.5 Å². The van der Waals surface area contributed by atoms with Crippen LogP contribution < -0.4 is 16.4 Å². The molecule has 1 aromatic heterocycles. The highest BCUT2D eigenvalue weighted by Gasteiger charge is 2.35. The van der Waals surface area contributed by atoms with Crippen molar-refractivity contribution in [3.63, 3.8) is 0 Å². The van der Waals surface area contributed by atoms with Crippen LogP contribution in [0.1, 0.15) is 73.6 Å². The molecular formula is C33H44F2N4O5S2. The number of esters is 1. The fraction of sp³-hybridized carbons (Fsp3) is 0.485. The molecule has 0 aliphatic heterocycles. The summed E-state index contributed by atoms with van der Waals surface area (Å²) in [7, 11) is -3.84. The summed E-state index contributed by atoms with van der Waals surface area (Å²) in [6, 6.07) is 8.52. The van der Waals surface area contributed by atoms with Crippen LogP contribution in [0.3, 0.4) is 0 Å². The summed E-state index contributed by atoms with van der Waals surface area (Å²) in [5.74, 6) is -3.91. The number of carbonyl (C=O) groups excluding carboxylic acids is 2. The molecule has 0 radical (unpaired) electrons. The Morgan fingerprint density at radius 2 is 1.67 bits per heavy atom. The highest BCUT2D eigenvalue weighted by molar-refractivity contribution is 7.92. The Balaban J connectivity index is 1.86. The molecule has 2 aromatic carbocycles. The zero-order chi connectivity index (χ0) is 33.7. The SMILES string of the molecule is CCCC(CCC)S(=O)(=O)C[C@@H](NC(=O)c1cscn1)C(=O)O[C@H](CNCc1cccc(CC)c1)[C@@H](N)Cc1cc(F)cc(F)c1. The molecule has 0 unspecified atom stereocenters. The number of halogens is 2. The van der Waals surface area contributed by atoms with Crippen molar-refractivity contribution in [2.45, 2.75) is 89.3 Å². The fourth-order valence-electron chi connectivity index (χ4n) is 5.20. The van der Waals surface area contributed by atoms with E-state index in [4.69, 9.17) is 10.5 Å². The Morgan fingerprint density at radius 3 is 2.28 bits per heavy atom. The number of aromatic nitrogens is 1. The van der Waals surface area contributed by atoms with E-state index in [2.05, 4.69) is 15.6 Å². The van der Waals surface area contributed by atoms with E-state index in [0.29, 0.717) is 32.2 Å². The van der Waals surface area contributed by atoms with Gasteiger partial charge in [-0.3, -0.25) is 4.79 Å². The molecule has 4 N–H and O–H groups in total. The second kappa shape index (κ2) is 18.2. The van der Waals surface area contributed by atoms with Crippen molar-refractivity contribution in [3.05, 3.63) is 87.4 Å². The number of nitrogens with one attached hydrogen (secondary N) is 2. The third-order valence-electron chi connectivity index (χ3n) is 7.60. The van der Waals surface area contributed by atoms with Crippen LogP contribution in [0, 0.1) is 11.6 Å². The van der Waals surface area contributed by atoms with Gasteiger partial charge in [-0.15, -0.1) is 11.3 Å². The first kappa shape index (κ1) is 37.2. The van der Waals surface area contributed by atoms with Crippen molar-refractivity contribution in [2.75, 3.05) is 12.3 Å². The number of benzene rings is 2. The maximum atomic E-state index is 13.9. The van der Waals surface area contributed by atoms with Gasteiger partial charge in [-0.25, -0.2) is 27.0 Å². The molecule has 0 aliphatic rings. The highest BCUT2D eigenvalue weighted by atomic mass is 32.2. The zero-order valence-electron chi connectivity index (χ0n) is 26.5. The van der Waals surface area contributed by atoms with E-state index in [1.807, 2.05) is 45.0 Å². The Labute approximate surface area is 274 Å². The number of hydrogen-bond acceptors (Lipinski definition) is 9. The predicted octanol–water partition coefficient (Wildman–Crippen LogP) is 4.74. The summed E-state index contributed by atoms with van der Waals surface area (Å²) in [4.78, 5) is 30.7. The van der Waals surface area contributed by atoms with Gasteiger partial charge in [-0.1, -0.05) is 57.9 Å². The van der Waals surface area contributed by atoms with Gasteiger partial charge in [0.15, 0.2) is 9.84 Å². The molecule has 0 saturated heterocycles. The monoisotopic (exact) mass is 678 g/mol. The third kappa shape index (κ3) is 11.5. The number of amides is 1. The number of thiazole rings is 1. The van der Waals surface area contributed by atoms with E-state index >= 15 is 0 Å². The second-order valence-corrected chi connectivity index (χ2v) is 14.4. The summed E-state index contributed by atoms with van der Waals surface area (Å²) >= 11 is 1.18. The maximum absolute atomic E-state index is 13.9. The number of hydrogen-bond donors (Lipinski definition) is 3. The molecule has 9 nitrogen and oxygen atoms in total. The lowest BCUT2D eigenvalue weighted by molar-refractivity contribution is -0.151. The van der Waals surface area contributed by atoms with Crippen LogP contribution in [0.2, 0.25) is 0 Å². The van der Waals surface area contributed by atoms with Gasteiger partial charge >= 0.3 is 5.97 Å². The molecule has 13 heteroatoms. The smallest absolute Gasteiger partial charge is 0.330 e. The van der Waals surface area contributed by atoms with Gasteiger partial charge < -0.3 is 21.1 Å². The van der Waals surface area contributed by atoms with Gasteiger partial charge in [-0.2, -0.15) is 0 Å². The summed E-state index contributed by atoms with van der Waals surface area (Å²) in [6.07, 6.45) is 1.87. The van der Waals surface area contributed by atoms with Gasteiger partial charge in [0.2, 0.25) is 0 Å². The third-order valence-corrected chi connectivity index (χ3v) is 10.5. The van der Waals surface area contributed by atoms with Crippen LogP contribution in [0.25, 0.3) is 0 Å². The standard InChI is InChI=1S/C33H44F2N4O5S2/c1-4-8-27(9-5-2)46(42,43)20-30(39-32(40)29-19-45-21-38-29)33(41)44-31(18-37-17-23-11-7-10-22(6-3)12-23)28(36)15-24-13-25(34)16-26(35)14-24/h7,10-14,16,19,21,27-28,30-31,37H,4-6,8-9,15,17-18,20,36H2,1-3H3,(H,39,40)/t28-,30+,31+/m0/s1. The lowest BCUT2D eigenvalue weighted by atomic mass is 10.0. The van der Waals surface area contributed by atoms with E-state index in [1.54, 1.807) is 0 Å². The summed E-state index contributed by atoms with van der Waals surface area (Å²) in [5.41, 5.74) is 10.4. The molecule has 46 heavy (non-hydrogen) atoms. The highest BCUT2D eigenvalue weighted by Crippen LogP contribution is 2.19. The minimum Gasteiger partial charge on any atom is -0.458 e. The number of carbonyl (C=O) groups is 2. The average Bonchev–Trinajstić information content (AvgIpc) is 3.55. The van der Waals surface area contributed by atoms with Crippen LogP contribution in [-0.4, -0.2) is 61.0 Å². The van der Waals surface area contributed by atoms with Crippen molar-refractivity contribution >= 4 is 33.1 Å². The minimum absolute atomic E-state index is 0.0382. The average molecular weight is 679 g/mol. The molecule has 1 heterocycles. The Hall–Kier alpha value is -3.26. The number of sulfone groups is 1. The van der Waals surface area contributed by atoms with Gasteiger partial charge in [0.1, 0.15) is 29.5 Å². The van der Waals surface area contributed by atoms with Crippen LogP contribution in [0.4, 0.5) is 8.78 Å². The lowest BCUT2D eigenvalue weighted by Gasteiger charge is -2.28. The Morgan fingerprint density at radius 1 is 1.00 bits per heavy atom. The molecule has 1 amide bonds. The Kier molecular flexibility index (Phi) is 14.7. The van der Waals surface area contributed by atoms with Crippen LogP contribution in [-0.2, 0) is 38.8 Å². The number of nitrogens with zero attached hydrogens (tertiary/aromatic N) is 1. The van der Waals surface area contributed by atoms with Gasteiger partial charge in [-0.05, 0) is 54.5 Å². The number of nitrogens with two attached hydrogens (primary N) is 1. The number of aryl methyl sites for hydroxylation is 1. The fourth-order valence-corrected chi connectivity index (χ4v) is 7.88. The van der Waals surface area contributed by atoms with Gasteiger partial charge in [0.25, 0.3) is 5.91 Å². The molecule has 3 rings (SSSR count). The van der Waals surface area contributed by atoms with E-state index in [1.165, 1.54) is 22.2 Å². The van der Waals surface area contributed by atoms with Crippen LogP contribution in [0.15, 0.2) is 53.4 Å². The van der Waals surface area contributed by atoms with E-state index in [9.17, 15) is 26.8 Å². The molecule has 0 saturated carbocycles. The maximum Gasteiger partial charge on any atom is 0.330 e. The summed E-state index contributed by atoms with van der Waals surface area (Å²) in [6.45, 7) is 6.28. The first-order chi connectivity index (χ1) is 21.9. The molecule has 3 atom stereocenters. The van der Waals surface area contributed by atoms with E-state index < -0.39 is 62.5 Å². The van der Waals surface area contributed by atoms with Crippen molar-refractivity contribution in [1.29, 1.82) is 0 Å².